The summed E-state index contributed by atoms with van der Waals surface area (Å²) in [5.74, 6) is -1.48. The molecule has 0 heterocycles. The van der Waals surface area contributed by atoms with Crippen molar-refractivity contribution in [2.24, 2.45) is 11.7 Å². The van der Waals surface area contributed by atoms with Gasteiger partial charge in [0.25, 0.3) is 0 Å². The van der Waals surface area contributed by atoms with E-state index in [1.54, 1.807) is 0 Å². The van der Waals surface area contributed by atoms with Gasteiger partial charge in [-0.05, 0) is 24.3 Å². The zero-order chi connectivity index (χ0) is 15.1. The van der Waals surface area contributed by atoms with E-state index in [1.807, 2.05) is 44.2 Å². The third-order valence-electron chi connectivity index (χ3n) is 3.20. The number of rotatable bonds is 7. The normalized spacial score (nSPS) is 13.8. The van der Waals surface area contributed by atoms with Crippen LogP contribution in [0, 0.1) is 5.92 Å². The van der Waals surface area contributed by atoms with E-state index >= 15 is 0 Å². The molecular weight excluding hydrogens is 256 g/mol. The molecule has 1 amide bonds. The second-order valence-electron chi connectivity index (χ2n) is 5.19. The number of aliphatic carboxylic acids is 1. The van der Waals surface area contributed by atoms with Crippen LogP contribution in [0.25, 0.3) is 0 Å². The number of nitrogens with one attached hydrogen (secondary N) is 1. The minimum Gasteiger partial charge on any atom is -0.480 e. The molecule has 0 aliphatic carbocycles. The lowest BCUT2D eigenvalue weighted by molar-refractivity contribution is -0.142. The Labute approximate surface area is 119 Å². The lowest BCUT2D eigenvalue weighted by Gasteiger charge is -2.19. The highest BCUT2D eigenvalue weighted by Gasteiger charge is 2.24. The Morgan fingerprint density at radius 3 is 2.35 bits per heavy atom. The lowest BCUT2D eigenvalue weighted by atomic mass is 10.0. The molecule has 1 aromatic rings. The first-order valence-electron chi connectivity index (χ1n) is 6.74. The van der Waals surface area contributed by atoms with Gasteiger partial charge >= 0.3 is 5.97 Å². The average Bonchev–Trinajstić information content (AvgIpc) is 2.42. The van der Waals surface area contributed by atoms with Crippen molar-refractivity contribution in [1.82, 2.24) is 5.32 Å². The Morgan fingerprint density at radius 2 is 1.85 bits per heavy atom. The molecule has 0 aromatic heterocycles. The Bertz CT molecular complexity index is 446. The number of hydrogen-bond donors (Lipinski definition) is 3. The fourth-order valence-electron chi connectivity index (χ4n) is 1.78. The minimum atomic E-state index is -1.04. The van der Waals surface area contributed by atoms with Crippen molar-refractivity contribution in [3.05, 3.63) is 35.9 Å². The van der Waals surface area contributed by atoms with Crippen LogP contribution in [0.3, 0.4) is 0 Å². The molecule has 2 atom stereocenters. The maximum absolute atomic E-state index is 11.8. The molecule has 0 aliphatic heterocycles. The number of amides is 1. The lowest BCUT2D eigenvalue weighted by Crippen LogP contribution is -2.50. The molecule has 1 rings (SSSR count). The Morgan fingerprint density at radius 1 is 1.25 bits per heavy atom. The van der Waals surface area contributed by atoms with E-state index in [2.05, 4.69) is 5.32 Å². The summed E-state index contributed by atoms with van der Waals surface area (Å²) in [7, 11) is 0. The number of nitrogens with two attached hydrogens (primary N) is 1. The summed E-state index contributed by atoms with van der Waals surface area (Å²) in [4.78, 5) is 23.0. The summed E-state index contributed by atoms with van der Waals surface area (Å²) in [6, 6.07) is 7.97. The number of aryl methyl sites for hydroxylation is 1. The maximum Gasteiger partial charge on any atom is 0.326 e. The van der Waals surface area contributed by atoms with Crippen molar-refractivity contribution in [1.29, 1.82) is 0 Å². The van der Waals surface area contributed by atoms with Gasteiger partial charge in [-0.25, -0.2) is 4.79 Å². The van der Waals surface area contributed by atoms with Crippen molar-refractivity contribution in [3.63, 3.8) is 0 Å². The van der Waals surface area contributed by atoms with E-state index in [9.17, 15) is 9.59 Å². The number of carboxylic acid groups (broad SMARTS) is 1. The molecule has 110 valence electrons. The van der Waals surface area contributed by atoms with E-state index in [-0.39, 0.29) is 5.92 Å². The molecule has 0 spiro atoms. The highest BCUT2D eigenvalue weighted by molar-refractivity contribution is 5.86. The monoisotopic (exact) mass is 278 g/mol. The Balaban J connectivity index is 2.57. The summed E-state index contributed by atoms with van der Waals surface area (Å²) in [5.41, 5.74) is 6.75. The van der Waals surface area contributed by atoms with E-state index in [4.69, 9.17) is 10.8 Å². The predicted octanol–water partition coefficient (Wildman–Crippen LogP) is 1.17. The van der Waals surface area contributed by atoms with Gasteiger partial charge in [0.15, 0.2) is 0 Å². The van der Waals surface area contributed by atoms with E-state index < -0.39 is 24.0 Å². The summed E-state index contributed by atoms with van der Waals surface area (Å²) in [5, 5.41) is 11.7. The molecule has 1 aromatic carbocycles. The number of carbonyl (C=O) groups is 2. The highest BCUT2D eigenvalue weighted by atomic mass is 16.4. The molecule has 5 nitrogen and oxygen atoms in total. The van der Waals surface area contributed by atoms with E-state index in [0.29, 0.717) is 12.8 Å². The fourth-order valence-corrected chi connectivity index (χ4v) is 1.78. The van der Waals surface area contributed by atoms with Crippen LogP contribution < -0.4 is 11.1 Å². The van der Waals surface area contributed by atoms with Crippen LogP contribution in [0.5, 0.6) is 0 Å². The van der Waals surface area contributed by atoms with Gasteiger partial charge in [0, 0.05) is 0 Å². The van der Waals surface area contributed by atoms with Gasteiger partial charge in [0.1, 0.15) is 6.04 Å². The van der Waals surface area contributed by atoms with Gasteiger partial charge in [-0.3, -0.25) is 4.79 Å². The van der Waals surface area contributed by atoms with Crippen LogP contribution in [-0.2, 0) is 16.0 Å². The highest BCUT2D eigenvalue weighted by Crippen LogP contribution is 2.06. The molecule has 0 unspecified atom stereocenters. The van der Waals surface area contributed by atoms with Gasteiger partial charge in [0.05, 0.1) is 6.04 Å². The third-order valence-corrected chi connectivity index (χ3v) is 3.20. The molecule has 0 radical (unpaired) electrons. The van der Waals surface area contributed by atoms with Gasteiger partial charge in [-0.15, -0.1) is 0 Å². The van der Waals surface area contributed by atoms with Gasteiger partial charge in [0.2, 0.25) is 5.91 Å². The SMILES string of the molecule is CC(C)[C@@H](N)C(=O)N[C@@H](CCc1ccccc1)C(=O)O. The predicted molar refractivity (Wildman–Crippen MR) is 77.1 cm³/mol. The molecule has 0 fully saturated rings. The van der Waals surface area contributed by atoms with Crippen molar-refractivity contribution in [2.45, 2.75) is 38.8 Å². The van der Waals surface area contributed by atoms with E-state index in [0.717, 1.165) is 5.56 Å². The molecule has 0 bridgehead atoms. The van der Waals surface area contributed by atoms with Gasteiger partial charge in [-0.1, -0.05) is 44.2 Å². The second-order valence-corrected chi connectivity index (χ2v) is 5.19. The van der Waals surface area contributed by atoms with Crippen LogP contribution in [0.2, 0.25) is 0 Å². The molecule has 0 saturated carbocycles. The topological polar surface area (TPSA) is 92.4 Å². The van der Waals surface area contributed by atoms with Crippen LogP contribution in [0.4, 0.5) is 0 Å². The fraction of sp³-hybridized carbons (Fsp3) is 0.467. The first-order chi connectivity index (χ1) is 9.41. The summed E-state index contributed by atoms with van der Waals surface area (Å²) in [6.45, 7) is 3.65. The molecule has 20 heavy (non-hydrogen) atoms. The van der Waals surface area contributed by atoms with Crippen molar-refractivity contribution in [2.75, 3.05) is 0 Å². The Hall–Kier alpha value is -1.88. The van der Waals surface area contributed by atoms with Crippen LogP contribution in [0.1, 0.15) is 25.8 Å². The summed E-state index contributed by atoms with van der Waals surface area (Å²) >= 11 is 0. The first kappa shape index (κ1) is 16.2. The zero-order valence-electron chi connectivity index (χ0n) is 11.9. The van der Waals surface area contributed by atoms with Crippen molar-refractivity contribution >= 4 is 11.9 Å². The number of carbonyl (C=O) groups excluding carboxylic acids is 1. The standard InChI is InChI=1S/C15H22N2O3/c1-10(2)13(16)14(18)17-12(15(19)20)9-8-11-6-4-3-5-7-11/h3-7,10,12-13H,8-9,16H2,1-2H3,(H,17,18)(H,19,20)/t12-,13+/m0/s1. The molecule has 4 N–H and O–H groups in total. The first-order valence-corrected chi connectivity index (χ1v) is 6.74. The van der Waals surface area contributed by atoms with Crippen molar-refractivity contribution < 1.29 is 14.7 Å². The van der Waals surface area contributed by atoms with Gasteiger partial charge < -0.3 is 16.2 Å². The van der Waals surface area contributed by atoms with Crippen LogP contribution >= 0.6 is 0 Å². The van der Waals surface area contributed by atoms with Gasteiger partial charge in [-0.2, -0.15) is 0 Å². The second kappa shape index (κ2) is 7.65. The molecule has 0 aliphatic rings. The number of hydrogen-bond acceptors (Lipinski definition) is 3. The van der Waals surface area contributed by atoms with E-state index in [1.165, 1.54) is 0 Å². The smallest absolute Gasteiger partial charge is 0.326 e. The Kier molecular flexibility index (Phi) is 6.18. The molecule has 5 heteroatoms. The number of carboxylic acids is 1. The third kappa shape index (κ3) is 5.01. The zero-order valence-corrected chi connectivity index (χ0v) is 11.9. The quantitative estimate of drug-likeness (QED) is 0.698. The van der Waals surface area contributed by atoms with Crippen molar-refractivity contribution in [3.8, 4) is 0 Å². The summed E-state index contributed by atoms with van der Waals surface area (Å²) in [6.07, 6.45) is 0.935. The molecular formula is C15H22N2O3. The minimum absolute atomic E-state index is 0.0291. The summed E-state index contributed by atoms with van der Waals surface area (Å²) < 4.78 is 0. The van der Waals surface area contributed by atoms with Crippen LogP contribution in [-0.4, -0.2) is 29.1 Å². The van der Waals surface area contributed by atoms with Crippen LogP contribution in [0.15, 0.2) is 30.3 Å². The molecule has 0 saturated heterocycles. The number of benzene rings is 1. The largest absolute Gasteiger partial charge is 0.480 e. The maximum atomic E-state index is 11.8. The average molecular weight is 278 g/mol.